The fraction of sp³-hybridized carbons (Fsp3) is 0.333. The first-order chi connectivity index (χ1) is 7.20. The first-order valence-corrected chi connectivity index (χ1v) is 5.08. The average Bonchev–Trinajstić information content (AvgIpc) is 2.70. The van der Waals surface area contributed by atoms with Gasteiger partial charge in [-0.1, -0.05) is 6.08 Å². The number of nitrogens with zero attached hydrogens (tertiary/aromatic N) is 3. The maximum atomic E-state index is 4.37. The molecule has 1 aromatic rings. The number of hydrogen-bond acceptors (Lipinski definition) is 3. The molecule has 78 valence electrons. The molecule has 3 nitrogen and oxygen atoms in total. The predicted molar refractivity (Wildman–Crippen MR) is 63.2 cm³/mol. The zero-order chi connectivity index (χ0) is 10.8. The van der Waals surface area contributed by atoms with E-state index in [4.69, 9.17) is 0 Å². The highest BCUT2D eigenvalue weighted by atomic mass is 15.5. The van der Waals surface area contributed by atoms with Crippen molar-refractivity contribution in [3.05, 3.63) is 36.0 Å². The number of rotatable bonds is 2. The van der Waals surface area contributed by atoms with Gasteiger partial charge < -0.3 is 0 Å². The van der Waals surface area contributed by atoms with Crippen LogP contribution in [-0.2, 0) is 0 Å². The van der Waals surface area contributed by atoms with Gasteiger partial charge in [0.15, 0.2) is 0 Å². The van der Waals surface area contributed by atoms with Gasteiger partial charge in [-0.3, -0.25) is 0 Å². The predicted octanol–water partition coefficient (Wildman–Crippen LogP) is 2.31. The van der Waals surface area contributed by atoms with E-state index in [1.165, 1.54) is 11.1 Å². The fourth-order valence-electron chi connectivity index (χ4n) is 1.50. The van der Waals surface area contributed by atoms with Crippen molar-refractivity contribution < 1.29 is 0 Å². The summed E-state index contributed by atoms with van der Waals surface area (Å²) in [6, 6.07) is 2.07. The van der Waals surface area contributed by atoms with Crippen molar-refractivity contribution in [1.29, 1.82) is 0 Å². The van der Waals surface area contributed by atoms with Crippen molar-refractivity contribution in [2.45, 2.75) is 13.8 Å². The van der Waals surface area contributed by atoms with Gasteiger partial charge in [0, 0.05) is 18.3 Å². The van der Waals surface area contributed by atoms with Crippen LogP contribution in [0.1, 0.15) is 11.1 Å². The van der Waals surface area contributed by atoms with Gasteiger partial charge in [-0.25, -0.2) is 9.99 Å². The van der Waals surface area contributed by atoms with Crippen molar-refractivity contribution >= 4 is 12.0 Å². The Morgan fingerprint density at radius 1 is 1.47 bits per heavy atom. The highest BCUT2D eigenvalue weighted by molar-refractivity contribution is 5.69. The molecule has 2 rings (SSSR count). The summed E-state index contributed by atoms with van der Waals surface area (Å²) in [7, 11) is 0. The smallest absolute Gasteiger partial charge is 0.148 e. The minimum Gasteiger partial charge on any atom is -0.247 e. The topological polar surface area (TPSA) is 28.5 Å². The molecule has 0 bridgehead atoms. The number of anilines is 1. The lowest BCUT2D eigenvalue weighted by Crippen LogP contribution is -2.17. The van der Waals surface area contributed by atoms with E-state index in [1.807, 2.05) is 23.5 Å². The zero-order valence-corrected chi connectivity index (χ0v) is 9.14. The largest absolute Gasteiger partial charge is 0.247 e. The van der Waals surface area contributed by atoms with E-state index in [9.17, 15) is 0 Å². The Kier molecular flexibility index (Phi) is 2.54. The summed E-state index contributed by atoms with van der Waals surface area (Å²) >= 11 is 0. The van der Waals surface area contributed by atoms with Crippen LogP contribution >= 0.6 is 0 Å². The minimum atomic E-state index is 0.341. The van der Waals surface area contributed by atoms with Gasteiger partial charge in [0.05, 0.1) is 6.54 Å². The molecule has 0 aromatic carbocycles. The fourth-order valence-corrected chi connectivity index (χ4v) is 1.50. The van der Waals surface area contributed by atoms with E-state index in [1.54, 1.807) is 0 Å². The van der Waals surface area contributed by atoms with Gasteiger partial charge in [0.1, 0.15) is 5.82 Å². The first kappa shape index (κ1) is 9.90. The monoisotopic (exact) mass is 201 g/mol. The third-order valence-corrected chi connectivity index (χ3v) is 2.71. The van der Waals surface area contributed by atoms with E-state index in [0.29, 0.717) is 5.92 Å². The number of aromatic nitrogens is 1. The van der Waals surface area contributed by atoms with Crippen LogP contribution in [0.5, 0.6) is 0 Å². The summed E-state index contributed by atoms with van der Waals surface area (Å²) in [4.78, 5) is 4.37. The molecule has 1 aliphatic rings. The third-order valence-electron chi connectivity index (χ3n) is 2.71. The lowest BCUT2D eigenvalue weighted by atomic mass is 10.1. The van der Waals surface area contributed by atoms with Crippen molar-refractivity contribution in [1.82, 2.24) is 4.98 Å². The van der Waals surface area contributed by atoms with E-state index < -0.39 is 0 Å². The zero-order valence-electron chi connectivity index (χ0n) is 9.14. The Balaban J connectivity index is 2.21. The molecule has 1 aliphatic heterocycles. The van der Waals surface area contributed by atoms with Gasteiger partial charge in [-0.2, -0.15) is 5.10 Å². The highest BCUT2D eigenvalue weighted by Crippen LogP contribution is 2.19. The standard InChI is InChI=1S/C12H15N3/c1-4-11-7-14-15(8-11)12-5-9(2)10(3)6-13-12/h4-7,11H,1,8H2,2-3H3. The summed E-state index contributed by atoms with van der Waals surface area (Å²) in [5, 5.41) is 6.22. The number of hydrazone groups is 1. The molecule has 2 heterocycles. The summed E-state index contributed by atoms with van der Waals surface area (Å²) < 4.78 is 0. The van der Waals surface area contributed by atoms with Crippen molar-refractivity contribution in [3.8, 4) is 0 Å². The average molecular weight is 201 g/mol. The Morgan fingerprint density at radius 2 is 2.27 bits per heavy atom. The number of pyridine rings is 1. The molecule has 0 amide bonds. The van der Waals surface area contributed by atoms with Crippen LogP contribution < -0.4 is 5.01 Å². The van der Waals surface area contributed by atoms with Gasteiger partial charge in [-0.05, 0) is 31.0 Å². The number of aryl methyl sites for hydroxylation is 2. The SMILES string of the molecule is C=CC1C=NN(c2cc(C)c(C)cn2)C1. The molecular formula is C12H15N3. The van der Waals surface area contributed by atoms with Crippen molar-refractivity contribution in [2.24, 2.45) is 11.0 Å². The molecule has 3 heteroatoms. The molecule has 1 unspecified atom stereocenters. The van der Waals surface area contributed by atoms with Crippen LogP contribution in [0.4, 0.5) is 5.82 Å². The third kappa shape index (κ3) is 1.91. The molecule has 1 aromatic heterocycles. The highest BCUT2D eigenvalue weighted by Gasteiger charge is 2.17. The molecule has 0 aliphatic carbocycles. The summed E-state index contributed by atoms with van der Waals surface area (Å²) in [5.74, 6) is 1.26. The maximum absolute atomic E-state index is 4.37. The maximum Gasteiger partial charge on any atom is 0.148 e. The lowest BCUT2D eigenvalue weighted by Gasteiger charge is -2.14. The molecule has 0 fully saturated rings. The summed E-state index contributed by atoms with van der Waals surface area (Å²) in [6.07, 6.45) is 5.70. The second-order valence-corrected chi connectivity index (χ2v) is 3.87. The quantitative estimate of drug-likeness (QED) is 0.687. The van der Waals surface area contributed by atoms with Gasteiger partial charge in [0.25, 0.3) is 0 Å². The molecule has 0 saturated carbocycles. The Hall–Kier alpha value is -1.64. The van der Waals surface area contributed by atoms with E-state index in [-0.39, 0.29) is 0 Å². The summed E-state index contributed by atoms with van der Waals surface area (Å²) in [5.41, 5.74) is 2.46. The molecule has 0 N–H and O–H groups in total. The van der Waals surface area contributed by atoms with Crippen LogP contribution in [-0.4, -0.2) is 17.7 Å². The van der Waals surface area contributed by atoms with Crippen LogP contribution in [0.15, 0.2) is 30.0 Å². The molecule has 0 saturated heterocycles. The number of hydrogen-bond donors (Lipinski definition) is 0. The van der Waals surface area contributed by atoms with Gasteiger partial charge in [-0.15, -0.1) is 6.58 Å². The van der Waals surface area contributed by atoms with Gasteiger partial charge >= 0.3 is 0 Å². The second-order valence-electron chi connectivity index (χ2n) is 3.87. The van der Waals surface area contributed by atoms with Crippen LogP contribution in [0.25, 0.3) is 0 Å². The molecule has 1 atom stereocenters. The van der Waals surface area contributed by atoms with Gasteiger partial charge in [0.2, 0.25) is 0 Å². The lowest BCUT2D eigenvalue weighted by molar-refractivity contribution is 0.821. The minimum absolute atomic E-state index is 0.341. The Bertz CT molecular complexity index is 409. The van der Waals surface area contributed by atoms with Crippen molar-refractivity contribution in [2.75, 3.05) is 11.6 Å². The first-order valence-electron chi connectivity index (χ1n) is 5.08. The Labute approximate surface area is 90.1 Å². The van der Waals surface area contributed by atoms with Crippen LogP contribution in [0, 0.1) is 19.8 Å². The van der Waals surface area contributed by atoms with Crippen LogP contribution in [0.2, 0.25) is 0 Å². The Morgan fingerprint density at radius 3 is 2.87 bits per heavy atom. The normalized spacial score (nSPS) is 19.6. The molecule has 0 radical (unpaired) electrons. The molecular weight excluding hydrogens is 186 g/mol. The van der Waals surface area contributed by atoms with Crippen molar-refractivity contribution in [3.63, 3.8) is 0 Å². The van der Waals surface area contributed by atoms with Crippen LogP contribution in [0.3, 0.4) is 0 Å². The van der Waals surface area contributed by atoms with E-state index >= 15 is 0 Å². The van der Waals surface area contributed by atoms with E-state index in [0.717, 1.165) is 12.4 Å². The second kappa shape index (κ2) is 3.85. The molecule has 15 heavy (non-hydrogen) atoms. The van der Waals surface area contributed by atoms with E-state index in [2.05, 4.69) is 36.6 Å². The summed E-state index contributed by atoms with van der Waals surface area (Å²) in [6.45, 7) is 8.76. The molecule has 0 spiro atoms.